The molecule has 1 nitrogen and oxygen atoms in total. The average molecular weight is 243 g/mol. The van der Waals surface area contributed by atoms with Crippen LogP contribution in [0.15, 0.2) is 24.3 Å². The summed E-state index contributed by atoms with van der Waals surface area (Å²) in [5.74, 6) is 0.0267. The second-order valence-corrected chi connectivity index (χ2v) is 4.53. The zero-order valence-electron chi connectivity index (χ0n) is 9.54. The Morgan fingerprint density at radius 3 is 2.44 bits per heavy atom. The Morgan fingerprint density at radius 1 is 1.38 bits per heavy atom. The van der Waals surface area contributed by atoms with Crippen LogP contribution in [0.5, 0.6) is 0 Å². The maximum absolute atomic E-state index is 12.7. The van der Waals surface area contributed by atoms with Crippen LogP contribution in [0, 0.1) is 11.7 Å². The van der Waals surface area contributed by atoms with E-state index in [0.717, 1.165) is 6.42 Å². The second-order valence-electron chi connectivity index (χ2n) is 4.10. The van der Waals surface area contributed by atoms with Gasteiger partial charge in [0.1, 0.15) is 11.2 Å². The van der Waals surface area contributed by atoms with Crippen molar-refractivity contribution in [1.82, 2.24) is 0 Å². The van der Waals surface area contributed by atoms with Crippen molar-refractivity contribution < 1.29 is 9.18 Å². The van der Waals surface area contributed by atoms with Crippen LogP contribution in [0.4, 0.5) is 4.39 Å². The molecule has 2 unspecified atom stereocenters. The van der Waals surface area contributed by atoms with Gasteiger partial charge in [0, 0.05) is 6.42 Å². The second kappa shape index (κ2) is 6.00. The van der Waals surface area contributed by atoms with E-state index in [1.807, 2.05) is 13.8 Å². The number of ketones is 1. The molecule has 0 spiro atoms. The fraction of sp³-hybridized carbons (Fsp3) is 0.462. The number of hydrogen-bond donors (Lipinski definition) is 0. The van der Waals surface area contributed by atoms with E-state index in [-0.39, 0.29) is 11.6 Å². The standard InChI is InChI=1S/C13H16ClFO/c1-3-9(2)8-12(16)13(14)10-4-6-11(15)7-5-10/h4-7,9,13H,3,8H2,1-2H3. The van der Waals surface area contributed by atoms with E-state index in [9.17, 15) is 9.18 Å². The fourth-order valence-electron chi connectivity index (χ4n) is 1.41. The molecule has 0 aliphatic rings. The van der Waals surface area contributed by atoms with Crippen LogP contribution in [-0.2, 0) is 4.79 Å². The molecule has 0 saturated carbocycles. The first-order valence-corrected chi connectivity index (χ1v) is 5.90. The summed E-state index contributed by atoms with van der Waals surface area (Å²) in [6.07, 6.45) is 1.43. The molecule has 0 amide bonds. The van der Waals surface area contributed by atoms with Crippen molar-refractivity contribution in [3.05, 3.63) is 35.6 Å². The number of alkyl halides is 1. The summed E-state index contributed by atoms with van der Waals surface area (Å²) in [5.41, 5.74) is 0.663. The molecule has 0 N–H and O–H groups in total. The van der Waals surface area contributed by atoms with Gasteiger partial charge in [0.05, 0.1) is 0 Å². The Morgan fingerprint density at radius 2 is 1.94 bits per heavy atom. The predicted molar refractivity (Wildman–Crippen MR) is 64.1 cm³/mol. The first-order valence-electron chi connectivity index (χ1n) is 5.46. The van der Waals surface area contributed by atoms with Gasteiger partial charge in [-0.3, -0.25) is 4.79 Å². The Hall–Kier alpha value is -0.890. The van der Waals surface area contributed by atoms with Crippen LogP contribution in [-0.4, -0.2) is 5.78 Å². The minimum atomic E-state index is -0.658. The van der Waals surface area contributed by atoms with E-state index >= 15 is 0 Å². The van der Waals surface area contributed by atoms with Crippen molar-refractivity contribution in [3.63, 3.8) is 0 Å². The zero-order valence-corrected chi connectivity index (χ0v) is 10.3. The van der Waals surface area contributed by atoms with E-state index in [1.54, 1.807) is 12.1 Å². The number of benzene rings is 1. The van der Waals surface area contributed by atoms with E-state index in [1.165, 1.54) is 12.1 Å². The van der Waals surface area contributed by atoms with E-state index in [2.05, 4.69) is 0 Å². The van der Waals surface area contributed by atoms with Crippen molar-refractivity contribution in [2.24, 2.45) is 5.92 Å². The van der Waals surface area contributed by atoms with Crippen molar-refractivity contribution in [2.45, 2.75) is 32.1 Å². The van der Waals surface area contributed by atoms with Gasteiger partial charge in [0.15, 0.2) is 5.78 Å². The van der Waals surface area contributed by atoms with Gasteiger partial charge in [-0.25, -0.2) is 4.39 Å². The third kappa shape index (κ3) is 3.60. The molecule has 0 aliphatic carbocycles. The van der Waals surface area contributed by atoms with Crippen molar-refractivity contribution in [1.29, 1.82) is 0 Å². The summed E-state index contributed by atoms with van der Waals surface area (Å²) in [7, 11) is 0. The molecular formula is C13H16ClFO. The van der Waals surface area contributed by atoms with Crippen molar-refractivity contribution in [3.8, 4) is 0 Å². The molecule has 88 valence electrons. The monoisotopic (exact) mass is 242 g/mol. The molecule has 0 aromatic heterocycles. The first-order chi connectivity index (χ1) is 7.54. The third-order valence-electron chi connectivity index (χ3n) is 2.69. The summed E-state index contributed by atoms with van der Waals surface area (Å²) in [5, 5.41) is -0.658. The number of halogens is 2. The van der Waals surface area contributed by atoms with Crippen LogP contribution in [0.2, 0.25) is 0 Å². The number of carbonyl (C=O) groups is 1. The Balaban J connectivity index is 2.66. The first kappa shape index (κ1) is 13.2. The largest absolute Gasteiger partial charge is 0.298 e. The summed E-state index contributed by atoms with van der Waals surface area (Å²) >= 11 is 6.04. The maximum Gasteiger partial charge on any atom is 0.155 e. The normalized spacial score (nSPS) is 14.5. The third-order valence-corrected chi connectivity index (χ3v) is 3.19. The number of rotatable bonds is 5. The maximum atomic E-state index is 12.7. The lowest BCUT2D eigenvalue weighted by molar-refractivity contribution is -0.119. The smallest absolute Gasteiger partial charge is 0.155 e. The van der Waals surface area contributed by atoms with Crippen molar-refractivity contribution in [2.75, 3.05) is 0 Å². The molecule has 0 bridgehead atoms. The highest BCUT2D eigenvalue weighted by atomic mass is 35.5. The molecular weight excluding hydrogens is 227 g/mol. The highest BCUT2D eigenvalue weighted by Crippen LogP contribution is 2.25. The van der Waals surface area contributed by atoms with Gasteiger partial charge in [-0.1, -0.05) is 32.4 Å². The number of hydrogen-bond acceptors (Lipinski definition) is 1. The quantitative estimate of drug-likeness (QED) is 0.710. The average Bonchev–Trinajstić information content (AvgIpc) is 2.28. The minimum Gasteiger partial charge on any atom is -0.298 e. The lowest BCUT2D eigenvalue weighted by Crippen LogP contribution is -2.11. The van der Waals surface area contributed by atoms with Crippen molar-refractivity contribution >= 4 is 17.4 Å². The molecule has 0 saturated heterocycles. The van der Waals surface area contributed by atoms with Crippen LogP contribution >= 0.6 is 11.6 Å². The molecule has 1 aromatic carbocycles. The van der Waals surface area contributed by atoms with Gasteiger partial charge in [0.25, 0.3) is 0 Å². The molecule has 2 atom stereocenters. The van der Waals surface area contributed by atoms with Crippen LogP contribution in [0.25, 0.3) is 0 Å². The zero-order chi connectivity index (χ0) is 12.1. The van der Waals surface area contributed by atoms with E-state index in [4.69, 9.17) is 11.6 Å². The Kier molecular flexibility index (Phi) is 4.94. The molecule has 3 heteroatoms. The molecule has 0 radical (unpaired) electrons. The molecule has 16 heavy (non-hydrogen) atoms. The van der Waals surface area contributed by atoms with E-state index < -0.39 is 5.38 Å². The van der Waals surface area contributed by atoms with Gasteiger partial charge in [-0.05, 0) is 23.6 Å². The number of carbonyl (C=O) groups excluding carboxylic acids is 1. The van der Waals surface area contributed by atoms with Gasteiger partial charge in [-0.15, -0.1) is 11.6 Å². The molecule has 0 heterocycles. The topological polar surface area (TPSA) is 17.1 Å². The highest BCUT2D eigenvalue weighted by molar-refractivity contribution is 6.31. The Labute approximate surface area is 101 Å². The van der Waals surface area contributed by atoms with Gasteiger partial charge in [0.2, 0.25) is 0 Å². The summed E-state index contributed by atoms with van der Waals surface area (Å²) in [6.45, 7) is 4.06. The molecule has 1 rings (SSSR count). The lowest BCUT2D eigenvalue weighted by atomic mass is 9.98. The molecule has 0 aliphatic heterocycles. The summed E-state index contributed by atoms with van der Waals surface area (Å²) in [4.78, 5) is 11.8. The van der Waals surface area contributed by atoms with Gasteiger partial charge >= 0.3 is 0 Å². The SMILES string of the molecule is CCC(C)CC(=O)C(Cl)c1ccc(F)cc1. The molecule has 0 fully saturated rings. The fourth-order valence-corrected chi connectivity index (χ4v) is 1.64. The molecule has 1 aromatic rings. The van der Waals surface area contributed by atoms with E-state index in [0.29, 0.717) is 17.9 Å². The van der Waals surface area contributed by atoms with Crippen LogP contribution in [0.3, 0.4) is 0 Å². The minimum absolute atomic E-state index is 0.00243. The lowest BCUT2D eigenvalue weighted by Gasteiger charge is -2.12. The predicted octanol–water partition coefficient (Wildman–Crippen LogP) is 4.11. The summed E-state index contributed by atoms with van der Waals surface area (Å²) < 4.78 is 12.7. The number of Topliss-reactive ketones (excluding diaryl/α,β-unsaturated/α-hetero) is 1. The highest BCUT2D eigenvalue weighted by Gasteiger charge is 2.19. The Bertz CT molecular complexity index is 347. The van der Waals surface area contributed by atoms with Crippen LogP contribution < -0.4 is 0 Å². The summed E-state index contributed by atoms with van der Waals surface area (Å²) in [6, 6.07) is 5.76. The van der Waals surface area contributed by atoms with Gasteiger partial charge in [-0.2, -0.15) is 0 Å². The van der Waals surface area contributed by atoms with Crippen LogP contribution in [0.1, 0.15) is 37.6 Å². The van der Waals surface area contributed by atoms with Gasteiger partial charge < -0.3 is 0 Å².